The predicted molar refractivity (Wildman–Crippen MR) is 69.6 cm³/mol. The first-order valence-electron chi connectivity index (χ1n) is 5.98. The molecule has 0 amide bonds. The molecule has 0 bridgehead atoms. The Labute approximate surface area is 103 Å². The second-order valence-electron chi connectivity index (χ2n) is 4.16. The van der Waals surface area contributed by atoms with Gasteiger partial charge in [0, 0.05) is 5.75 Å². The lowest BCUT2D eigenvalue weighted by Gasteiger charge is -2.10. The Morgan fingerprint density at radius 3 is 2.41 bits per heavy atom. The SMILES string of the molecule is CCS(=O)(=O)CCCCC(O)c1ccccc1. The van der Waals surface area contributed by atoms with E-state index in [4.69, 9.17) is 0 Å². The van der Waals surface area contributed by atoms with Crippen LogP contribution in [0.5, 0.6) is 0 Å². The summed E-state index contributed by atoms with van der Waals surface area (Å²) in [5, 5.41) is 9.86. The van der Waals surface area contributed by atoms with Crippen LogP contribution >= 0.6 is 0 Å². The van der Waals surface area contributed by atoms with Crippen LogP contribution in [0.4, 0.5) is 0 Å². The number of hydrogen-bond donors (Lipinski definition) is 1. The Morgan fingerprint density at radius 2 is 1.82 bits per heavy atom. The van der Waals surface area contributed by atoms with Crippen LogP contribution in [-0.4, -0.2) is 25.0 Å². The molecule has 0 saturated carbocycles. The van der Waals surface area contributed by atoms with Crippen LogP contribution in [-0.2, 0) is 9.84 Å². The highest BCUT2D eigenvalue weighted by atomic mass is 32.2. The Kier molecular flexibility index (Phi) is 5.65. The number of rotatable bonds is 7. The molecular formula is C13H20O3S. The number of benzene rings is 1. The van der Waals surface area contributed by atoms with Crippen LogP contribution in [0.2, 0.25) is 0 Å². The minimum absolute atomic E-state index is 0.203. The van der Waals surface area contributed by atoms with Gasteiger partial charge in [-0.05, 0) is 24.8 Å². The quantitative estimate of drug-likeness (QED) is 0.762. The van der Waals surface area contributed by atoms with Gasteiger partial charge in [0.2, 0.25) is 0 Å². The Balaban J connectivity index is 2.28. The maximum atomic E-state index is 11.3. The number of aliphatic hydroxyl groups excluding tert-OH is 1. The van der Waals surface area contributed by atoms with Crippen molar-refractivity contribution in [3.05, 3.63) is 35.9 Å². The van der Waals surface area contributed by atoms with E-state index in [1.165, 1.54) is 0 Å². The highest BCUT2D eigenvalue weighted by molar-refractivity contribution is 7.91. The first-order valence-corrected chi connectivity index (χ1v) is 7.80. The van der Waals surface area contributed by atoms with E-state index < -0.39 is 15.9 Å². The van der Waals surface area contributed by atoms with Gasteiger partial charge in [-0.1, -0.05) is 37.3 Å². The van der Waals surface area contributed by atoms with E-state index in [-0.39, 0.29) is 11.5 Å². The third-order valence-corrected chi connectivity index (χ3v) is 4.60. The summed E-state index contributed by atoms with van der Waals surface area (Å²) in [6.07, 6.45) is 1.49. The molecule has 0 aliphatic heterocycles. The van der Waals surface area contributed by atoms with E-state index in [9.17, 15) is 13.5 Å². The summed E-state index contributed by atoms with van der Waals surface area (Å²) in [5.41, 5.74) is 0.894. The van der Waals surface area contributed by atoms with Gasteiger partial charge in [-0.25, -0.2) is 8.42 Å². The number of aliphatic hydroxyl groups is 1. The second kappa shape index (κ2) is 6.77. The smallest absolute Gasteiger partial charge is 0.150 e. The number of hydrogen-bond acceptors (Lipinski definition) is 3. The number of sulfone groups is 1. The van der Waals surface area contributed by atoms with E-state index in [2.05, 4.69) is 0 Å². The normalized spacial score (nSPS) is 13.5. The van der Waals surface area contributed by atoms with E-state index in [1.54, 1.807) is 6.92 Å². The molecular weight excluding hydrogens is 236 g/mol. The van der Waals surface area contributed by atoms with E-state index >= 15 is 0 Å². The molecule has 17 heavy (non-hydrogen) atoms. The van der Waals surface area contributed by atoms with Gasteiger partial charge in [0.1, 0.15) is 9.84 Å². The Bertz CT molecular complexity index is 412. The van der Waals surface area contributed by atoms with Crippen molar-refractivity contribution in [2.45, 2.75) is 32.3 Å². The van der Waals surface area contributed by atoms with Crippen LogP contribution in [0.1, 0.15) is 37.9 Å². The van der Waals surface area contributed by atoms with Crippen molar-refractivity contribution in [2.75, 3.05) is 11.5 Å². The van der Waals surface area contributed by atoms with Crippen molar-refractivity contribution in [1.29, 1.82) is 0 Å². The van der Waals surface area contributed by atoms with Gasteiger partial charge >= 0.3 is 0 Å². The molecule has 1 aromatic carbocycles. The topological polar surface area (TPSA) is 54.4 Å². The van der Waals surface area contributed by atoms with Gasteiger partial charge in [-0.15, -0.1) is 0 Å². The number of unbranched alkanes of at least 4 members (excludes halogenated alkanes) is 1. The van der Waals surface area contributed by atoms with Crippen LogP contribution in [0, 0.1) is 0 Å². The summed E-state index contributed by atoms with van der Waals surface area (Å²) in [4.78, 5) is 0. The standard InChI is InChI=1S/C13H20O3S/c1-2-17(15,16)11-7-6-10-13(14)12-8-4-3-5-9-12/h3-5,8-9,13-14H,2,6-7,10-11H2,1H3. The van der Waals surface area contributed by atoms with Crippen LogP contribution < -0.4 is 0 Å². The summed E-state index contributed by atoms with van der Waals surface area (Å²) in [6.45, 7) is 1.66. The van der Waals surface area contributed by atoms with Crippen molar-refractivity contribution >= 4 is 9.84 Å². The highest BCUT2D eigenvalue weighted by Gasteiger charge is 2.09. The Morgan fingerprint density at radius 1 is 1.18 bits per heavy atom. The molecule has 1 rings (SSSR count). The average molecular weight is 256 g/mol. The molecule has 1 N–H and O–H groups in total. The molecule has 0 spiro atoms. The molecule has 0 heterocycles. The second-order valence-corrected chi connectivity index (χ2v) is 6.63. The molecule has 3 nitrogen and oxygen atoms in total. The summed E-state index contributed by atoms with van der Waals surface area (Å²) in [6, 6.07) is 9.45. The maximum Gasteiger partial charge on any atom is 0.150 e. The molecule has 96 valence electrons. The zero-order valence-electron chi connectivity index (χ0n) is 10.2. The fourth-order valence-corrected chi connectivity index (χ4v) is 2.58. The molecule has 0 aliphatic carbocycles. The minimum Gasteiger partial charge on any atom is -0.388 e. The largest absolute Gasteiger partial charge is 0.388 e. The van der Waals surface area contributed by atoms with Gasteiger partial charge in [0.15, 0.2) is 0 Å². The highest BCUT2D eigenvalue weighted by Crippen LogP contribution is 2.18. The van der Waals surface area contributed by atoms with Crippen LogP contribution in [0.15, 0.2) is 30.3 Å². The van der Waals surface area contributed by atoms with E-state index in [0.717, 1.165) is 12.0 Å². The third kappa shape index (κ3) is 5.33. The van der Waals surface area contributed by atoms with Crippen molar-refractivity contribution < 1.29 is 13.5 Å². The molecule has 0 radical (unpaired) electrons. The maximum absolute atomic E-state index is 11.3. The molecule has 0 saturated heterocycles. The molecule has 1 atom stereocenters. The lowest BCUT2D eigenvalue weighted by atomic mass is 10.0. The fourth-order valence-electron chi connectivity index (χ4n) is 1.65. The first kappa shape index (κ1) is 14.2. The van der Waals surface area contributed by atoms with Crippen molar-refractivity contribution in [2.24, 2.45) is 0 Å². The summed E-state index contributed by atoms with van der Waals surface area (Å²) in [7, 11) is -2.86. The lowest BCUT2D eigenvalue weighted by Crippen LogP contribution is -2.09. The monoisotopic (exact) mass is 256 g/mol. The molecule has 0 aliphatic rings. The predicted octanol–water partition coefficient (Wildman–Crippen LogP) is 2.33. The lowest BCUT2D eigenvalue weighted by molar-refractivity contribution is 0.164. The van der Waals surface area contributed by atoms with Gasteiger partial charge in [0.05, 0.1) is 11.9 Å². The van der Waals surface area contributed by atoms with Crippen LogP contribution in [0.3, 0.4) is 0 Å². The fraction of sp³-hybridized carbons (Fsp3) is 0.538. The van der Waals surface area contributed by atoms with Gasteiger partial charge in [-0.2, -0.15) is 0 Å². The van der Waals surface area contributed by atoms with Crippen molar-refractivity contribution in [3.63, 3.8) is 0 Å². The van der Waals surface area contributed by atoms with Crippen LogP contribution in [0.25, 0.3) is 0 Å². The average Bonchev–Trinajstić information content (AvgIpc) is 2.35. The molecule has 4 heteroatoms. The van der Waals surface area contributed by atoms with Gasteiger partial charge in [-0.3, -0.25) is 0 Å². The zero-order chi connectivity index (χ0) is 12.7. The van der Waals surface area contributed by atoms with Crippen molar-refractivity contribution in [3.8, 4) is 0 Å². The third-order valence-electron chi connectivity index (χ3n) is 2.81. The zero-order valence-corrected chi connectivity index (χ0v) is 11.0. The molecule has 0 aromatic heterocycles. The summed E-state index contributed by atoms with van der Waals surface area (Å²) < 4.78 is 22.5. The van der Waals surface area contributed by atoms with Gasteiger partial charge in [0.25, 0.3) is 0 Å². The summed E-state index contributed by atoms with van der Waals surface area (Å²) >= 11 is 0. The minimum atomic E-state index is -2.86. The molecule has 1 aromatic rings. The van der Waals surface area contributed by atoms with Gasteiger partial charge < -0.3 is 5.11 Å². The van der Waals surface area contributed by atoms with Crippen molar-refractivity contribution in [1.82, 2.24) is 0 Å². The first-order chi connectivity index (χ1) is 8.05. The molecule has 1 unspecified atom stereocenters. The Hall–Kier alpha value is -0.870. The van der Waals surface area contributed by atoms with E-state index in [1.807, 2.05) is 30.3 Å². The van der Waals surface area contributed by atoms with E-state index in [0.29, 0.717) is 12.8 Å². The molecule has 0 fully saturated rings. The summed E-state index contributed by atoms with van der Waals surface area (Å²) in [5.74, 6) is 0.430.